The number of carbonyl (C=O) groups is 1. The maximum atomic E-state index is 14.2. The van der Waals surface area contributed by atoms with Crippen LogP contribution in [0.4, 0.5) is 5.13 Å². The fraction of sp³-hybridized carbons (Fsp3) is 0.429. The van der Waals surface area contributed by atoms with Crippen LogP contribution in [0.1, 0.15) is 42.5 Å². The summed E-state index contributed by atoms with van der Waals surface area (Å²) < 4.78 is 0. The van der Waals surface area contributed by atoms with Crippen LogP contribution in [-0.4, -0.2) is 61.0 Å². The summed E-state index contributed by atoms with van der Waals surface area (Å²) >= 11 is 1.64. The fourth-order valence-corrected chi connectivity index (χ4v) is 5.97. The molecule has 34 heavy (non-hydrogen) atoms. The Kier molecular flexibility index (Phi) is 8.01. The van der Waals surface area contributed by atoms with Gasteiger partial charge in [0, 0.05) is 39.0 Å². The van der Waals surface area contributed by atoms with E-state index in [2.05, 4.69) is 39.9 Å². The average molecular weight is 477 g/mol. The van der Waals surface area contributed by atoms with Crippen LogP contribution in [0.25, 0.3) is 0 Å². The van der Waals surface area contributed by atoms with Crippen LogP contribution in [0, 0.1) is 0 Å². The molecule has 1 amide bonds. The van der Waals surface area contributed by atoms with Crippen LogP contribution in [0.15, 0.2) is 66.0 Å². The number of likely N-dealkylation sites (tertiary alicyclic amines) is 1. The van der Waals surface area contributed by atoms with Gasteiger partial charge in [0.15, 0.2) is 5.13 Å². The number of benzene rings is 2. The molecule has 1 aliphatic heterocycles. The Morgan fingerprint density at radius 3 is 2.12 bits per heavy atom. The van der Waals surface area contributed by atoms with E-state index in [1.807, 2.05) is 57.5 Å². The molecule has 4 rings (SSSR count). The second-order valence-electron chi connectivity index (χ2n) is 9.39. The minimum absolute atomic E-state index is 0.126. The zero-order valence-electron chi connectivity index (χ0n) is 20.5. The van der Waals surface area contributed by atoms with Gasteiger partial charge in [0.2, 0.25) is 5.91 Å². The van der Waals surface area contributed by atoms with Crippen molar-refractivity contribution >= 4 is 22.4 Å². The van der Waals surface area contributed by atoms with E-state index in [0.717, 1.165) is 41.5 Å². The summed E-state index contributed by atoms with van der Waals surface area (Å²) in [4.78, 5) is 23.3. The normalized spacial score (nSPS) is 15.6. The van der Waals surface area contributed by atoms with E-state index in [1.165, 1.54) is 19.3 Å². The summed E-state index contributed by atoms with van der Waals surface area (Å²) in [6, 6.07) is 20.9. The van der Waals surface area contributed by atoms with Gasteiger partial charge in [-0.25, -0.2) is 4.98 Å². The smallest absolute Gasteiger partial charge is 0.237 e. The molecule has 1 aliphatic rings. The minimum atomic E-state index is -0.768. The van der Waals surface area contributed by atoms with Crippen LogP contribution in [0.5, 0.6) is 0 Å². The predicted octanol–water partition coefficient (Wildman–Crippen LogP) is 5.05. The Labute approximate surface area is 207 Å². The van der Waals surface area contributed by atoms with E-state index in [9.17, 15) is 4.79 Å². The molecule has 6 heteroatoms. The van der Waals surface area contributed by atoms with Crippen LogP contribution < -0.4 is 5.32 Å². The monoisotopic (exact) mass is 476 g/mol. The summed E-state index contributed by atoms with van der Waals surface area (Å²) in [6.45, 7) is 2.15. The van der Waals surface area contributed by atoms with Gasteiger partial charge in [-0.3, -0.25) is 9.69 Å². The zero-order chi connectivity index (χ0) is 24.0. The van der Waals surface area contributed by atoms with Gasteiger partial charge in [-0.2, -0.15) is 0 Å². The van der Waals surface area contributed by atoms with Gasteiger partial charge in [-0.1, -0.05) is 67.1 Å². The van der Waals surface area contributed by atoms with E-state index in [-0.39, 0.29) is 11.9 Å². The molecule has 0 radical (unpaired) electrons. The number of nitrogens with zero attached hydrogens (tertiary/aromatic N) is 3. The number of hydrogen-bond donors (Lipinski definition) is 1. The summed E-state index contributed by atoms with van der Waals surface area (Å²) in [5.74, 6) is 0.126. The molecule has 3 aromatic rings. The first-order chi connectivity index (χ1) is 16.5. The molecular formula is C28H36N4OS. The van der Waals surface area contributed by atoms with E-state index in [4.69, 9.17) is 4.98 Å². The highest BCUT2D eigenvalue weighted by atomic mass is 32.1. The maximum Gasteiger partial charge on any atom is 0.237 e. The highest BCUT2D eigenvalue weighted by molar-refractivity contribution is 7.13. The molecule has 0 bridgehead atoms. The summed E-state index contributed by atoms with van der Waals surface area (Å²) in [7, 11) is 5.66. The molecule has 180 valence electrons. The highest BCUT2D eigenvalue weighted by Crippen LogP contribution is 2.40. The molecule has 1 saturated heterocycles. The number of likely N-dealkylation sites (N-methyl/N-ethyl adjacent to an activating group) is 1. The van der Waals surface area contributed by atoms with Crippen LogP contribution in [-0.2, 0) is 16.6 Å². The lowest BCUT2D eigenvalue weighted by atomic mass is 9.68. The first-order valence-electron chi connectivity index (χ1n) is 12.2. The minimum Gasteiger partial charge on any atom is -0.365 e. The Morgan fingerprint density at radius 2 is 1.62 bits per heavy atom. The summed E-state index contributed by atoms with van der Waals surface area (Å²) in [5, 5.41) is 6.26. The van der Waals surface area contributed by atoms with Crippen molar-refractivity contribution in [2.24, 2.45) is 0 Å². The Morgan fingerprint density at radius 1 is 1.03 bits per heavy atom. The molecule has 2 aromatic carbocycles. The Balaban J connectivity index is 1.82. The number of carbonyl (C=O) groups excluding carboxylic acids is 1. The van der Waals surface area contributed by atoms with Crippen molar-refractivity contribution in [1.82, 2.24) is 14.8 Å². The number of piperidine rings is 1. The van der Waals surface area contributed by atoms with Gasteiger partial charge < -0.3 is 10.2 Å². The zero-order valence-corrected chi connectivity index (χ0v) is 21.4. The topological polar surface area (TPSA) is 48.5 Å². The molecule has 2 heterocycles. The van der Waals surface area contributed by atoms with Gasteiger partial charge in [-0.15, -0.1) is 11.3 Å². The van der Waals surface area contributed by atoms with E-state index >= 15 is 0 Å². The van der Waals surface area contributed by atoms with Gasteiger partial charge in [0.1, 0.15) is 5.41 Å². The van der Waals surface area contributed by atoms with Gasteiger partial charge >= 0.3 is 0 Å². The molecule has 0 spiro atoms. The number of thiazole rings is 1. The van der Waals surface area contributed by atoms with Gasteiger partial charge in [-0.05, 0) is 43.5 Å². The third-order valence-corrected chi connectivity index (χ3v) is 7.87. The molecule has 0 aliphatic carbocycles. The Bertz CT molecular complexity index is 1010. The highest BCUT2D eigenvalue weighted by Gasteiger charge is 2.45. The third kappa shape index (κ3) is 5.18. The second-order valence-corrected chi connectivity index (χ2v) is 10.2. The van der Waals surface area contributed by atoms with Crippen molar-refractivity contribution in [3.8, 4) is 0 Å². The second kappa shape index (κ2) is 11.2. The average Bonchev–Trinajstić information content (AvgIpc) is 3.35. The summed E-state index contributed by atoms with van der Waals surface area (Å²) in [6.07, 6.45) is 5.25. The number of hydrogen-bond acceptors (Lipinski definition) is 5. The van der Waals surface area contributed by atoms with Crippen molar-refractivity contribution in [2.75, 3.05) is 39.5 Å². The van der Waals surface area contributed by atoms with Crippen LogP contribution in [0.3, 0.4) is 0 Å². The lowest BCUT2D eigenvalue weighted by Crippen LogP contribution is -2.51. The Hall–Kier alpha value is -2.70. The van der Waals surface area contributed by atoms with Crippen LogP contribution >= 0.6 is 11.3 Å². The molecule has 1 unspecified atom stereocenters. The number of rotatable bonds is 9. The molecule has 1 aromatic heterocycles. The first kappa shape index (κ1) is 24.4. The third-order valence-electron chi connectivity index (χ3n) is 6.96. The number of amides is 1. The molecular weight excluding hydrogens is 440 g/mol. The molecule has 0 saturated carbocycles. The molecule has 1 atom stereocenters. The number of aromatic nitrogens is 1. The van der Waals surface area contributed by atoms with Crippen molar-refractivity contribution in [3.63, 3.8) is 0 Å². The molecule has 5 nitrogen and oxygen atoms in total. The lowest BCUT2D eigenvalue weighted by molar-refractivity contribution is -0.134. The molecule has 1 N–H and O–H groups in total. The quantitative estimate of drug-likeness (QED) is 0.470. The maximum absolute atomic E-state index is 14.2. The number of anilines is 1. The van der Waals surface area contributed by atoms with Gasteiger partial charge in [0.05, 0.1) is 5.69 Å². The number of nitrogens with one attached hydrogen (secondary N) is 1. The largest absolute Gasteiger partial charge is 0.365 e. The van der Waals surface area contributed by atoms with Crippen molar-refractivity contribution in [2.45, 2.75) is 43.6 Å². The predicted molar refractivity (Wildman–Crippen MR) is 142 cm³/mol. The van der Waals surface area contributed by atoms with Crippen molar-refractivity contribution in [1.29, 1.82) is 0 Å². The van der Waals surface area contributed by atoms with Gasteiger partial charge in [0.25, 0.3) is 0 Å². The fourth-order valence-electron chi connectivity index (χ4n) is 5.29. The lowest BCUT2D eigenvalue weighted by Gasteiger charge is -2.42. The summed E-state index contributed by atoms with van der Waals surface area (Å²) in [5.41, 5.74) is 2.43. The van der Waals surface area contributed by atoms with E-state index in [1.54, 1.807) is 16.2 Å². The van der Waals surface area contributed by atoms with E-state index in [0.29, 0.717) is 6.42 Å². The standard InChI is InChI=1S/C28H36N4OS/c1-29-27-30-24(21-34-27)19-25(32-17-11-6-12-18-32)20-28(26(33)31(2)3,22-13-7-4-8-14-22)23-15-9-5-10-16-23/h4-5,7-10,13-16,21,25H,6,11-12,17-20H2,1-3H3,(H,29,30). The van der Waals surface area contributed by atoms with Crippen molar-refractivity contribution < 1.29 is 4.79 Å². The van der Waals surface area contributed by atoms with Crippen LogP contribution in [0.2, 0.25) is 0 Å². The van der Waals surface area contributed by atoms with E-state index < -0.39 is 5.41 Å². The molecule has 1 fully saturated rings. The van der Waals surface area contributed by atoms with Crippen molar-refractivity contribution in [3.05, 3.63) is 82.9 Å². The SMILES string of the molecule is CNc1nc(CC(CC(C(=O)N(C)C)(c2ccccc2)c2ccccc2)N2CCCCC2)cs1. The first-order valence-corrected chi connectivity index (χ1v) is 13.1.